The van der Waals surface area contributed by atoms with Crippen LogP contribution in [0.1, 0.15) is 11.1 Å². The Balaban J connectivity index is 2.51. The number of benzene rings is 1. The van der Waals surface area contributed by atoms with E-state index in [-0.39, 0.29) is 12.4 Å². The van der Waals surface area contributed by atoms with Crippen LogP contribution < -0.4 is 15.8 Å². The van der Waals surface area contributed by atoms with Crippen molar-refractivity contribution in [1.29, 1.82) is 0 Å². The maximum absolute atomic E-state index is 8.69. The summed E-state index contributed by atoms with van der Waals surface area (Å²) in [5.41, 5.74) is 7.12. The number of nitrogens with zero attached hydrogens (tertiary/aromatic N) is 1. The Kier molecular flexibility index (Phi) is 7.41. The first-order valence-electron chi connectivity index (χ1n) is 6.27. The number of methoxy groups -OCH3 is 1. The first-order valence-corrected chi connectivity index (χ1v) is 6.27. The maximum Gasteiger partial charge on any atom is 0.173 e. The van der Waals surface area contributed by atoms with Crippen LogP contribution in [0, 0.1) is 0 Å². The summed E-state index contributed by atoms with van der Waals surface area (Å²) in [6.45, 7) is 2.26. The third-order valence-electron chi connectivity index (χ3n) is 2.64. The first-order chi connectivity index (χ1) is 9.72. The summed E-state index contributed by atoms with van der Waals surface area (Å²) < 4.78 is 10.3. The molecule has 0 saturated carbocycles. The van der Waals surface area contributed by atoms with Crippen molar-refractivity contribution in [2.24, 2.45) is 10.9 Å². The van der Waals surface area contributed by atoms with Crippen molar-refractivity contribution < 1.29 is 19.8 Å². The lowest BCUT2D eigenvalue weighted by molar-refractivity contribution is 0.0938. The average molecular weight is 283 g/mol. The minimum absolute atomic E-state index is 0.0127. The van der Waals surface area contributed by atoms with Crippen molar-refractivity contribution in [1.82, 2.24) is 5.32 Å². The van der Waals surface area contributed by atoms with E-state index in [0.29, 0.717) is 37.6 Å². The van der Waals surface area contributed by atoms with Crippen molar-refractivity contribution in [2.45, 2.75) is 6.54 Å². The van der Waals surface area contributed by atoms with E-state index >= 15 is 0 Å². The molecular formula is C13H21N3O4. The number of rotatable bonds is 9. The molecule has 0 bridgehead atoms. The fraction of sp³-hybridized carbons (Fsp3) is 0.462. The Morgan fingerprint density at radius 3 is 2.85 bits per heavy atom. The molecular weight excluding hydrogens is 262 g/mol. The molecule has 20 heavy (non-hydrogen) atoms. The molecule has 0 amide bonds. The lowest BCUT2D eigenvalue weighted by Gasteiger charge is -2.10. The highest BCUT2D eigenvalue weighted by Crippen LogP contribution is 2.19. The molecule has 1 aromatic rings. The summed E-state index contributed by atoms with van der Waals surface area (Å²) in [5.74, 6) is 0.565. The van der Waals surface area contributed by atoms with Crippen LogP contribution >= 0.6 is 0 Å². The highest BCUT2D eigenvalue weighted by molar-refractivity contribution is 5.99. The summed E-state index contributed by atoms with van der Waals surface area (Å²) >= 11 is 0. The molecule has 0 aliphatic rings. The molecule has 0 aliphatic heterocycles. The van der Waals surface area contributed by atoms with Crippen LogP contribution in [0.4, 0.5) is 0 Å². The van der Waals surface area contributed by atoms with Gasteiger partial charge in [-0.05, 0) is 17.7 Å². The lowest BCUT2D eigenvalue weighted by atomic mass is 10.1. The summed E-state index contributed by atoms with van der Waals surface area (Å²) in [6.07, 6.45) is 0. The van der Waals surface area contributed by atoms with E-state index in [1.807, 2.05) is 12.1 Å². The zero-order valence-electron chi connectivity index (χ0n) is 11.5. The Labute approximate surface area is 118 Å². The van der Waals surface area contributed by atoms with E-state index < -0.39 is 0 Å². The Hall–Kier alpha value is -1.83. The summed E-state index contributed by atoms with van der Waals surface area (Å²) in [6, 6.07) is 5.44. The van der Waals surface area contributed by atoms with Gasteiger partial charge in [0.2, 0.25) is 0 Å². The van der Waals surface area contributed by atoms with Gasteiger partial charge in [0.25, 0.3) is 0 Å². The number of nitrogens with one attached hydrogen (secondary N) is 1. The molecule has 7 heteroatoms. The van der Waals surface area contributed by atoms with Gasteiger partial charge in [0.05, 0.1) is 32.5 Å². The normalized spacial score (nSPS) is 11.6. The molecule has 112 valence electrons. The minimum Gasteiger partial charge on any atom is -0.496 e. The summed E-state index contributed by atoms with van der Waals surface area (Å²) in [4.78, 5) is 0. The number of oxime groups is 1. The van der Waals surface area contributed by atoms with E-state index in [1.165, 1.54) is 7.11 Å². The molecule has 0 aromatic heterocycles. The highest BCUT2D eigenvalue weighted by atomic mass is 16.5. The number of ether oxygens (including phenoxy) is 2. The topological polar surface area (TPSA) is 109 Å². The van der Waals surface area contributed by atoms with Gasteiger partial charge in [-0.2, -0.15) is 0 Å². The summed E-state index contributed by atoms with van der Waals surface area (Å²) in [5, 5.41) is 23.4. The summed E-state index contributed by atoms with van der Waals surface area (Å²) in [7, 11) is 1.53. The number of aliphatic hydroxyl groups excluding tert-OH is 1. The van der Waals surface area contributed by atoms with Crippen LogP contribution in [-0.4, -0.2) is 49.6 Å². The molecule has 7 nitrogen and oxygen atoms in total. The third kappa shape index (κ3) is 5.04. The first kappa shape index (κ1) is 16.2. The highest BCUT2D eigenvalue weighted by Gasteiger charge is 2.08. The lowest BCUT2D eigenvalue weighted by Crippen LogP contribution is -2.20. The standard InChI is InChI=1S/C13H21N3O4/c1-19-12-8-10(2-3-11(12)13(14)16-18)9-15-4-6-20-7-5-17/h2-3,8,15,17-18H,4-7,9H2,1H3,(H2,14,16). The van der Waals surface area contributed by atoms with E-state index in [1.54, 1.807) is 6.07 Å². The average Bonchev–Trinajstić information content (AvgIpc) is 2.49. The van der Waals surface area contributed by atoms with Gasteiger partial charge in [0.1, 0.15) is 5.75 Å². The second-order valence-corrected chi connectivity index (χ2v) is 4.03. The number of hydrogen-bond donors (Lipinski definition) is 4. The van der Waals surface area contributed by atoms with Crippen LogP contribution in [0.15, 0.2) is 23.4 Å². The smallest absolute Gasteiger partial charge is 0.173 e. The Bertz CT molecular complexity index is 438. The van der Waals surface area contributed by atoms with Gasteiger partial charge in [-0.15, -0.1) is 0 Å². The zero-order chi connectivity index (χ0) is 14.8. The van der Waals surface area contributed by atoms with E-state index in [9.17, 15) is 0 Å². The van der Waals surface area contributed by atoms with Crippen molar-refractivity contribution in [2.75, 3.05) is 33.5 Å². The van der Waals surface area contributed by atoms with Gasteiger partial charge in [0.15, 0.2) is 5.84 Å². The predicted molar refractivity (Wildman–Crippen MR) is 75.1 cm³/mol. The molecule has 0 aliphatic carbocycles. The molecule has 0 heterocycles. The van der Waals surface area contributed by atoms with E-state index in [2.05, 4.69) is 10.5 Å². The molecule has 0 unspecified atom stereocenters. The molecule has 0 spiro atoms. The van der Waals surface area contributed by atoms with E-state index in [4.69, 9.17) is 25.5 Å². The monoisotopic (exact) mass is 283 g/mol. The van der Waals surface area contributed by atoms with Crippen molar-refractivity contribution in [3.05, 3.63) is 29.3 Å². The minimum atomic E-state index is 0.0127. The molecule has 0 saturated heterocycles. The Morgan fingerprint density at radius 2 is 2.20 bits per heavy atom. The number of aliphatic hydroxyl groups is 1. The molecule has 1 aromatic carbocycles. The van der Waals surface area contributed by atoms with Crippen LogP contribution in [0.3, 0.4) is 0 Å². The second kappa shape index (κ2) is 9.13. The third-order valence-corrected chi connectivity index (χ3v) is 2.64. The van der Waals surface area contributed by atoms with Crippen molar-refractivity contribution in [3.63, 3.8) is 0 Å². The van der Waals surface area contributed by atoms with Crippen LogP contribution in [0.25, 0.3) is 0 Å². The van der Waals surface area contributed by atoms with Gasteiger partial charge in [-0.3, -0.25) is 0 Å². The second-order valence-electron chi connectivity index (χ2n) is 4.03. The fourth-order valence-corrected chi connectivity index (χ4v) is 1.65. The van der Waals surface area contributed by atoms with Gasteiger partial charge < -0.3 is 30.8 Å². The number of amidine groups is 1. The van der Waals surface area contributed by atoms with Crippen LogP contribution in [-0.2, 0) is 11.3 Å². The van der Waals surface area contributed by atoms with E-state index in [0.717, 1.165) is 5.56 Å². The molecule has 0 fully saturated rings. The zero-order valence-corrected chi connectivity index (χ0v) is 11.5. The predicted octanol–water partition coefficient (Wildman–Crippen LogP) is -0.112. The molecule has 0 atom stereocenters. The largest absolute Gasteiger partial charge is 0.496 e. The van der Waals surface area contributed by atoms with Crippen LogP contribution in [0.5, 0.6) is 5.75 Å². The van der Waals surface area contributed by atoms with Gasteiger partial charge in [-0.25, -0.2) is 0 Å². The van der Waals surface area contributed by atoms with Gasteiger partial charge in [-0.1, -0.05) is 11.2 Å². The van der Waals surface area contributed by atoms with Gasteiger partial charge >= 0.3 is 0 Å². The molecule has 1 rings (SSSR count). The SMILES string of the molecule is COc1cc(CNCCOCCO)ccc1/C(N)=N/O. The van der Waals surface area contributed by atoms with Crippen molar-refractivity contribution in [3.8, 4) is 5.75 Å². The number of hydrogen-bond acceptors (Lipinski definition) is 6. The van der Waals surface area contributed by atoms with Gasteiger partial charge in [0, 0.05) is 13.1 Å². The number of nitrogens with two attached hydrogens (primary N) is 1. The van der Waals surface area contributed by atoms with Crippen molar-refractivity contribution >= 4 is 5.84 Å². The maximum atomic E-state index is 8.69. The fourth-order valence-electron chi connectivity index (χ4n) is 1.65. The quantitative estimate of drug-likeness (QED) is 0.165. The van der Waals surface area contributed by atoms with Crippen LogP contribution in [0.2, 0.25) is 0 Å². The molecule has 0 radical (unpaired) electrons. The molecule has 5 N–H and O–H groups in total. The Morgan fingerprint density at radius 1 is 1.40 bits per heavy atom.